The Morgan fingerprint density at radius 3 is 2.38 bits per heavy atom. The van der Waals surface area contributed by atoms with Gasteiger partial charge in [-0.3, -0.25) is 4.79 Å². The summed E-state index contributed by atoms with van der Waals surface area (Å²) in [5, 5.41) is 2.30. The fraction of sp³-hybridized carbons (Fsp3) is 0.0909. The van der Waals surface area contributed by atoms with Crippen LogP contribution in [0.1, 0.15) is 15.9 Å². The van der Waals surface area contributed by atoms with Crippen LogP contribution in [0.15, 0.2) is 72.8 Å². The zero-order valence-corrected chi connectivity index (χ0v) is 14.3. The molecular weight excluding hydrogens is 328 g/mol. The normalized spacial score (nSPS) is 10.8. The van der Waals surface area contributed by atoms with Crippen LogP contribution in [-0.2, 0) is 9.53 Å². The van der Waals surface area contributed by atoms with Crippen LogP contribution in [0.5, 0.6) is 5.75 Å². The molecule has 0 saturated carbocycles. The minimum Gasteiger partial charge on any atom is -0.482 e. The molecule has 3 rings (SSSR count). The van der Waals surface area contributed by atoms with Gasteiger partial charge in [-0.15, -0.1) is 0 Å². The Hall–Kier alpha value is -3.40. The molecule has 3 aromatic carbocycles. The number of fused-ring (bicyclic) bond motifs is 1. The summed E-state index contributed by atoms with van der Waals surface area (Å²) in [6.07, 6.45) is 3.35. The smallest absolute Gasteiger partial charge is 0.343 e. The third kappa shape index (κ3) is 4.36. The molecular formula is C22H18O4. The monoisotopic (exact) mass is 346 g/mol. The van der Waals surface area contributed by atoms with Crippen molar-refractivity contribution in [3.05, 3.63) is 83.9 Å². The highest BCUT2D eigenvalue weighted by molar-refractivity contribution is 6.07. The van der Waals surface area contributed by atoms with Gasteiger partial charge in [0.2, 0.25) is 0 Å². The summed E-state index contributed by atoms with van der Waals surface area (Å²) in [7, 11) is 1.30. The molecule has 3 aromatic rings. The van der Waals surface area contributed by atoms with E-state index in [4.69, 9.17) is 4.74 Å². The van der Waals surface area contributed by atoms with Crippen molar-refractivity contribution in [2.75, 3.05) is 13.7 Å². The molecule has 0 amide bonds. The van der Waals surface area contributed by atoms with Crippen molar-refractivity contribution in [3.8, 4) is 5.75 Å². The Labute approximate surface area is 151 Å². The van der Waals surface area contributed by atoms with Crippen LogP contribution in [0, 0.1) is 0 Å². The highest BCUT2D eigenvalue weighted by Crippen LogP contribution is 2.17. The maximum Gasteiger partial charge on any atom is 0.343 e. The molecule has 0 spiro atoms. The van der Waals surface area contributed by atoms with E-state index < -0.39 is 5.97 Å². The van der Waals surface area contributed by atoms with Crippen LogP contribution in [0.3, 0.4) is 0 Å². The second kappa shape index (κ2) is 8.12. The molecule has 4 nitrogen and oxygen atoms in total. The number of methoxy groups -OCH3 is 1. The number of ether oxygens (including phenoxy) is 2. The molecule has 0 fully saturated rings. The van der Waals surface area contributed by atoms with Gasteiger partial charge in [-0.2, -0.15) is 0 Å². The van der Waals surface area contributed by atoms with Crippen molar-refractivity contribution in [2.24, 2.45) is 0 Å². The molecule has 26 heavy (non-hydrogen) atoms. The summed E-state index contributed by atoms with van der Waals surface area (Å²) in [6.45, 7) is -0.161. The number of benzene rings is 3. The van der Waals surface area contributed by atoms with Gasteiger partial charge in [0.25, 0.3) is 0 Å². The number of hydrogen-bond donors (Lipinski definition) is 0. The van der Waals surface area contributed by atoms with Gasteiger partial charge in [-0.25, -0.2) is 4.79 Å². The molecule has 0 aliphatic carbocycles. The van der Waals surface area contributed by atoms with Gasteiger partial charge in [-0.05, 0) is 52.7 Å². The van der Waals surface area contributed by atoms with Crippen LogP contribution in [0.25, 0.3) is 16.8 Å². The minimum absolute atomic E-state index is 0.0994. The largest absolute Gasteiger partial charge is 0.482 e. The van der Waals surface area contributed by atoms with E-state index in [1.165, 1.54) is 12.5 Å². The van der Waals surface area contributed by atoms with Crippen molar-refractivity contribution in [1.29, 1.82) is 0 Å². The molecule has 0 radical (unpaired) electrons. The molecule has 0 aliphatic heterocycles. The zero-order valence-electron chi connectivity index (χ0n) is 14.3. The number of carbonyl (C=O) groups excluding carboxylic acids is 2. The van der Waals surface area contributed by atoms with E-state index in [0.717, 1.165) is 10.9 Å². The average Bonchev–Trinajstić information content (AvgIpc) is 2.70. The summed E-state index contributed by atoms with van der Waals surface area (Å²) in [4.78, 5) is 23.4. The first kappa shape index (κ1) is 17.4. The first-order valence-electron chi connectivity index (χ1n) is 8.16. The van der Waals surface area contributed by atoms with E-state index in [1.54, 1.807) is 36.4 Å². The third-order valence-electron chi connectivity index (χ3n) is 3.92. The lowest BCUT2D eigenvalue weighted by Crippen LogP contribution is -2.12. The van der Waals surface area contributed by atoms with E-state index >= 15 is 0 Å². The molecule has 0 atom stereocenters. The summed E-state index contributed by atoms with van der Waals surface area (Å²) >= 11 is 0. The maximum absolute atomic E-state index is 12.3. The molecule has 0 N–H and O–H groups in total. The predicted octanol–water partition coefficient (Wildman–Crippen LogP) is 4.29. The number of esters is 1. The third-order valence-corrected chi connectivity index (χ3v) is 3.92. The molecule has 0 heterocycles. The van der Waals surface area contributed by atoms with Crippen LogP contribution in [-0.4, -0.2) is 25.5 Å². The van der Waals surface area contributed by atoms with Crippen LogP contribution >= 0.6 is 0 Å². The van der Waals surface area contributed by atoms with E-state index in [1.807, 2.05) is 36.4 Å². The summed E-state index contributed by atoms with van der Waals surface area (Å²) in [5.74, 6) is -0.0494. The maximum atomic E-state index is 12.3. The van der Waals surface area contributed by atoms with Crippen LogP contribution in [0.4, 0.5) is 0 Å². The summed E-state index contributed by atoms with van der Waals surface area (Å²) in [6, 6.07) is 20.8. The molecule has 0 saturated heterocycles. The molecule has 0 aliphatic rings. The minimum atomic E-state index is -0.455. The standard InChI is InChI=1S/C22H18O4/c1-25-22(24)15-26-20-11-9-18(10-12-20)21(23)13-7-16-6-8-17-4-2-3-5-19(17)14-16/h2-14H,15H2,1H3. The predicted molar refractivity (Wildman–Crippen MR) is 101 cm³/mol. The lowest BCUT2D eigenvalue weighted by molar-refractivity contribution is -0.142. The number of ketones is 1. The van der Waals surface area contributed by atoms with Gasteiger partial charge in [0.15, 0.2) is 12.4 Å². The Morgan fingerprint density at radius 1 is 0.923 bits per heavy atom. The van der Waals surface area contributed by atoms with Gasteiger partial charge < -0.3 is 9.47 Å². The first-order chi connectivity index (χ1) is 12.7. The lowest BCUT2D eigenvalue weighted by Gasteiger charge is -2.05. The number of hydrogen-bond acceptors (Lipinski definition) is 4. The highest BCUT2D eigenvalue weighted by atomic mass is 16.6. The van der Waals surface area contributed by atoms with Crippen molar-refractivity contribution in [2.45, 2.75) is 0 Å². The van der Waals surface area contributed by atoms with Gasteiger partial charge in [0.1, 0.15) is 5.75 Å². The number of carbonyl (C=O) groups is 2. The van der Waals surface area contributed by atoms with E-state index in [0.29, 0.717) is 11.3 Å². The number of allylic oxidation sites excluding steroid dienone is 1. The van der Waals surface area contributed by atoms with E-state index in [9.17, 15) is 9.59 Å². The van der Waals surface area contributed by atoms with Gasteiger partial charge in [-0.1, -0.05) is 42.5 Å². The Morgan fingerprint density at radius 2 is 1.65 bits per heavy atom. The van der Waals surface area contributed by atoms with E-state index in [-0.39, 0.29) is 12.4 Å². The summed E-state index contributed by atoms with van der Waals surface area (Å²) in [5.41, 5.74) is 1.52. The first-order valence-corrected chi connectivity index (χ1v) is 8.16. The quantitative estimate of drug-likeness (QED) is 0.380. The van der Waals surface area contributed by atoms with Gasteiger partial charge in [0, 0.05) is 5.56 Å². The van der Waals surface area contributed by atoms with Crippen molar-refractivity contribution < 1.29 is 19.1 Å². The summed E-state index contributed by atoms with van der Waals surface area (Å²) < 4.78 is 9.77. The fourth-order valence-electron chi connectivity index (χ4n) is 2.50. The van der Waals surface area contributed by atoms with E-state index in [2.05, 4.69) is 10.8 Å². The lowest BCUT2D eigenvalue weighted by atomic mass is 10.1. The van der Waals surface area contributed by atoms with Gasteiger partial charge in [0.05, 0.1) is 7.11 Å². The second-order valence-electron chi connectivity index (χ2n) is 5.69. The van der Waals surface area contributed by atoms with Crippen LogP contribution < -0.4 is 4.74 Å². The highest BCUT2D eigenvalue weighted by Gasteiger charge is 2.05. The van der Waals surface area contributed by atoms with Crippen molar-refractivity contribution in [3.63, 3.8) is 0 Å². The molecule has 0 aromatic heterocycles. The fourth-order valence-corrected chi connectivity index (χ4v) is 2.50. The molecule has 130 valence electrons. The Bertz CT molecular complexity index is 955. The molecule has 0 unspecified atom stereocenters. The van der Waals surface area contributed by atoms with Gasteiger partial charge >= 0.3 is 5.97 Å². The van der Waals surface area contributed by atoms with Crippen molar-refractivity contribution >= 4 is 28.6 Å². The average molecular weight is 346 g/mol. The number of rotatable bonds is 6. The topological polar surface area (TPSA) is 52.6 Å². The zero-order chi connectivity index (χ0) is 18.4. The second-order valence-corrected chi connectivity index (χ2v) is 5.69. The van der Waals surface area contributed by atoms with Crippen LogP contribution in [0.2, 0.25) is 0 Å². The van der Waals surface area contributed by atoms with Crippen molar-refractivity contribution in [1.82, 2.24) is 0 Å². The molecule has 0 bridgehead atoms. The Kier molecular flexibility index (Phi) is 5.44. The molecule has 4 heteroatoms. The SMILES string of the molecule is COC(=O)COc1ccc(C(=O)C=Cc2ccc3ccccc3c2)cc1. The Balaban J connectivity index is 1.66.